The molecule has 4 rings (SSSR count). The van der Waals surface area contributed by atoms with Crippen molar-refractivity contribution in [3.63, 3.8) is 0 Å². The van der Waals surface area contributed by atoms with Crippen molar-refractivity contribution >= 4 is 17.7 Å². The summed E-state index contributed by atoms with van der Waals surface area (Å²) in [6, 6.07) is 20.2. The number of phenols is 1. The molecule has 1 aliphatic carbocycles. The zero-order chi connectivity index (χ0) is 22.0. The van der Waals surface area contributed by atoms with Crippen LogP contribution in [0, 0.1) is 0 Å². The van der Waals surface area contributed by atoms with E-state index in [0.29, 0.717) is 0 Å². The van der Waals surface area contributed by atoms with Gasteiger partial charge in [0.2, 0.25) is 0 Å². The third-order valence-electron chi connectivity index (χ3n) is 5.48. The van der Waals surface area contributed by atoms with E-state index in [-0.39, 0.29) is 35.4 Å². The maximum absolute atomic E-state index is 12.2. The largest absolute Gasteiger partial charge is 0.506 e. The first-order valence-electron chi connectivity index (χ1n) is 9.89. The molecule has 0 aliphatic heterocycles. The minimum atomic E-state index is -1.31. The molecule has 0 fully saturated rings. The fraction of sp³-hybridized carbons (Fsp3) is 0.208. The average molecular weight is 440 g/mol. The molecule has 0 bridgehead atoms. The van der Waals surface area contributed by atoms with Crippen LogP contribution in [0.15, 0.2) is 66.7 Å². The first-order chi connectivity index (χ1) is 15.0. The van der Waals surface area contributed by atoms with Gasteiger partial charge in [-0.15, -0.1) is 0 Å². The van der Waals surface area contributed by atoms with Crippen LogP contribution in [0.4, 0.5) is 4.79 Å². The maximum atomic E-state index is 12.2. The summed E-state index contributed by atoms with van der Waals surface area (Å²) in [4.78, 5) is 12.2. The van der Waals surface area contributed by atoms with Crippen molar-refractivity contribution in [3.8, 4) is 16.9 Å². The Labute approximate surface area is 184 Å². The van der Waals surface area contributed by atoms with Gasteiger partial charge >= 0.3 is 6.09 Å². The van der Waals surface area contributed by atoms with Gasteiger partial charge in [0.05, 0.1) is 5.02 Å². The molecule has 0 radical (unpaired) electrons. The molecule has 0 aromatic heterocycles. The van der Waals surface area contributed by atoms with Gasteiger partial charge in [0.25, 0.3) is 0 Å². The molecular formula is C24H22ClNO5. The Balaban J connectivity index is 1.34. The highest BCUT2D eigenvalue weighted by Gasteiger charge is 2.29. The number of carbonyl (C=O) groups excluding carboxylic acids is 1. The molecule has 31 heavy (non-hydrogen) atoms. The Morgan fingerprint density at radius 3 is 2.23 bits per heavy atom. The molecule has 1 aliphatic rings. The van der Waals surface area contributed by atoms with Crippen LogP contribution in [0.2, 0.25) is 5.02 Å². The first kappa shape index (κ1) is 21.2. The molecule has 4 N–H and O–H groups in total. The Bertz CT molecular complexity index is 1060. The van der Waals surface area contributed by atoms with Gasteiger partial charge in [-0.2, -0.15) is 0 Å². The van der Waals surface area contributed by atoms with Gasteiger partial charge in [-0.3, -0.25) is 0 Å². The number of halogens is 1. The number of hydrogen-bond donors (Lipinski definition) is 4. The molecule has 160 valence electrons. The number of nitrogens with one attached hydrogen (secondary N) is 1. The number of ether oxygens (including phenoxy) is 1. The summed E-state index contributed by atoms with van der Waals surface area (Å²) in [5, 5.41) is 32.7. The zero-order valence-electron chi connectivity index (χ0n) is 16.5. The number of aliphatic hydroxyl groups excluding tert-OH is 2. The van der Waals surface area contributed by atoms with Crippen LogP contribution in [0.5, 0.6) is 5.75 Å². The summed E-state index contributed by atoms with van der Waals surface area (Å²) in [6.07, 6.45) is -3.29. The average Bonchev–Trinajstić information content (AvgIpc) is 3.11. The SMILES string of the molecule is O=C(NCC(O)C(O)c1ccc(Cl)c(O)c1)OCC1c2ccccc2-c2ccccc21. The van der Waals surface area contributed by atoms with Crippen molar-refractivity contribution in [2.45, 2.75) is 18.1 Å². The molecule has 0 saturated heterocycles. The van der Waals surface area contributed by atoms with Crippen LogP contribution in [-0.4, -0.2) is 40.7 Å². The maximum Gasteiger partial charge on any atom is 0.407 e. The molecule has 3 aromatic carbocycles. The number of alkyl carbamates (subject to hydrolysis) is 1. The van der Waals surface area contributed by atoms with Gasteiger partial charge in [0.1, 0.15) is 24.6 Å². The smallest absolute Gasteiger partial charge is 0.407 e. The van der Waals surface area contributed by atoms with Crippen molar-refractivity contribution in [1.29, 1.82) is 0 Å². The Morgan fingerprint density at radius 2 is 1.61 bits per heavy atom. The van der Waals surface area contributed by atoms with Gasteiger partial charge in [0.15, 0.2) is 0 Å². The lowest BCUT2D eigenvalue weighted by molar-refractivity contribution is 0.0184. The van der Waals surface area contributed by atoms with Gasteiger partial charge < -0.3 is 25.4 Å². The van der Waals surface area contributed by atoms with E-state index in [1.807, 2.05) is 36.4 Å². The third kappa shape index (κ3) is 4.37. The molecule has 0 spiro atoms. The Kier molecular flexibility index (Phi) is 6.13. The summed E-state index contributed by atoms with van der Waals surface area (Å²) >= 11 is 5.75. The van der Waals surface area contributed by atoms with E-state index in [2.05, 4.69) is 17.4 Å². The predicted octanol–water partition coefficient (Wildman–Crippen LogP) is 3.98. The van der Waals surface area contributed by atoms with Crippen LogP contribution in [0.1, 0.15) is 28.7 Å². The van der Waals surface area contributed by atoms with Crippen LogP contribution in [-0.2, 0) is 4.74 Å². The summed E-state index contributed by atoms with van der Waals surface area (Å²) in [5.41, 5.74) is 4.77. The molecule has 0 heterocycles. The van der Waals surface area contributed by atoms with Crippen molar-refractivity contribution in [3.05, 3.63) is 88.4 Å². The normalized spacial score (nSPS) is 14.4. The van der Waals surface area contributed by atoms with E-state index < -0.39 is 18.3 Å². The van der Waals surface area contributed by atoms with E-state index in [1.54, 1.807) is 0 Å². The van der Waals surface area contributed by atoms with E-state index in [0.717, 1.165) is 22.3 Å². The summed E-state index contributed by atoms with van der Waals surface area (Å²) < 4.78 is 5.41. The summed E-state index contributed by atoms with van der Waals surface area (Å²) in [6.45, 7) is -0.0647. The number of hydrogen-bond acceptors (Lipinski definition) is 5. The van der Waals surface area contributed by atoms with E-state index >= 15 is 0 Å². The highest BCUT2D eigenvalue weighted by atomic mass is 35.5. The van der Waals surface area contributed by atoms with Gasteiger partial charge in [-0.05, 0) is 39.9 Å². The lowest BCUT2D eigenvalue weighted by Gasteiger charge is -2.19. The number of rotatable bonds is 6. The molecule has 1 amide bonds. The highest BCUT2D eigenvalue weighted by molar-refractivity contribution is 6.32. The molecule has 2 unspecified atom stereocenters. The van der Waals surface area contributed by atoms with E-state index in [1.165, 1.54) is 18.2 Å². The lowest BCUT2D eigenvalue weighted by atomic mass is 9.98. The molecule has 6 nitrogen and oxygen atoms in total. The summed E-state index contributed by atoms with van der Waals surface area (Å²) in [5.74, 6) is -0.263. The number of aromatic hydroxyl groups is 1. The Hall–Kier alpha value is -3.06. The summed E-state index contributed by atoms with van der Waals surface area (Å²) in [7, 11) is 0. The number of carbonyl (C=O) groups is 1. The highest BCUT2D eigenvalue weighted by Crippen LogP contribution is 2.44. The second-order valence-corrected chi connectivity index (χ2v) is 7.84. The third-order valence-corrected chi connectivity index (χ3v) is 5.80. The first-order valence-corrected chi connectivity index (χ1v) is 10.3. The molecule has 2 atom stereocenters. The van der Waals surface area contributed by atoms with Crippen LogP contribution in [0.25, 0.3) is 11.1 Å². The molecule has 7 heteroatoms. The topological polar surface area (TPSA) is 99.0 Å². The quantitative estimate of drug-likeness (QED) is 0.465. The monoisotopic (exact) mass is 439 g/mol. The fourth-order valence-electron chi connectivity index (χ4n) is 3.88. The number of aliphatic hydroxyl groups is 2. The van der Waals surface area contributed by atoms with Crippen molar-refractivity contribution in [2.75, 3.05) is 13.2 Å². The van der Waals surface area contributed by atoms with Crippen molar-refractivity contribution < 1.29 is 24.9 Å². The van der Waals surface area contributed by atoms with Gasteiger partial charge in [-0.1, -0.05) is 66.2 Å². The van der Waals surface area contributed by atoms with E-state index in [4.69, 9.17) is 16.3 Å². The lowest BCUT2D eigenvalue weighted by Crippen LogP contribution is -2.36. The van der Waals surface area contributed by atoms with Crippen molar-refractivity contribution in [1.82, 2.24) is 5.32 Å². The van der Waals surface area contributed by atoms with Crippen LogP contribution in [0.3, 0.4) is 0 Å². The van der Waals surface area contributed by atoms with Gasteiger partial charge in [0, 0.05) is 12.5 Å². The minimum absolute atomic E-state index is 0.0642. The molecule has 0 saturated carbocycles. The molecule has 3 aromatic rings. The fourth-order valence-corrected chi connectivity index (χ4v) is 4.00. The Morgan fingerprint density at radius 1 is 1.00 bits per heavy atom. The van der Waals surface area contributed by atoms with Crippen molar-refractivity contribution in [2.24, 2.45) is 0 Å². The van der Waals surface area contributed by atoms with Crippen LogP contribution >= 0.6 is 11.6 Å². The minimum Gasteiger partial charge on any atom is -0.506 e. The second-order valence-electron chi connectivity index (χ2n) is 7.43. The zero-order valence-corrected chi connectivity index (χ0v) is 17.3. The second kappa shape index (κ2) is 8.98. The number of amides is 1. The number of fused-ring (bicyclic) bond motifs is 3. The van der Waals surface area contributed by atoms with E-state index in [9.17, 15) is 20.1 Å². The number of phenolic OH excluding ortho intramolecular Hbond substituents is 1. The van der Waals surface area contributed by atoms with Gasteiger partial charge in [-0.25, -0.2) is 4.79 Å². The van der Waals surface area contributed by atoms with Crippen LogP contribution < -0.4 is 5.32 Å². The molecular weight excluding hydrogens is 418 g/mol. The number of benzene rings is 3. The standard InChI is InChI=1S/C24H22ClNO5/c25-20-10-9-14(11-21(20)27)23(29)22(28)12-26-24(30)31-13-19-17-7-3-1-5-15(17)16-6-2-4-8-18(16)19/h1-11,19,22-23,27-29H,12-13H2,(H,26,30). The predicted molar refractivity (Wildman–Crippen MR) is 117 cm³/mol.